The highest BCUT2D eigenvalue weighted by atomic mass is 19.3. The number of halogens is 2. The van der Waals surface area contributed by atoms with Gasteiger partial charge in [-0.2, -0.15) is 10.1 Å². The topological polar surface area (TPSA) is 76.3 Å². The van der Waals surface area contributed by atoms with Crippen molar-refractivity contribution in [2.75, 3.05) is 0 Å². The molecule has 0 aliphatic carbocycles. The van der Waals surface area contributed by atoms with E-state index < -0.39 is 6.43 Å². The van der Waals surface area contributed by atoms with Crippen molar-refractivity contribution in [3.63, 3.8) is 0 Å². The first-order chi connectivity index (χ1) is 15.6. The molecule has 0 radical (unpaired) electrons. The van der Waals surface area contributed by atoms with Crippen LogP contribution in [-0.2, 0) is 0 Å². The van der Waals surface area contributed by atoms with Gasteiger partial charge in [0.05, 0.1) is 11.2 Å². The molecule has 2 saturated heterocycles. The van der Waals surface area contributed by atoms with Crippen molar-refractivity contribution in [2.45, 2.75) is 50.1 Å². The van der Waals surface area contributed by atoms with Crippen LogP contribution in [0.3, 0.4) is 0 Å². The normalized spacial score (nSPS) is 22.8. The Bertz CT molecular complexity index is 1330. The van der Waals surface area contributed by atoms with Crippen LogP contribution in [-0.4, -0.2) is 47.5 Å². The Balaban J connectivity index is 1.43. The molecule has 0 spiro atoms. The van der Waals surface area contributed by atoms with Crippen LogP contribution in [0.2, 0.25) is 0 Å². The summed E-state index contributed by atoms with van der Waals surface area (Å²) in [7, 11) is 0. The number of nitrogens with zero attached hydrogens (tertiary/aromatic N) is 6. The number of amides is 1. The maximum atomic E-state index is 13.8. The van der Waals surface area contributed by atoms with Gasteiger partial charge >= 0.3 is 0 Å². The lowest BCUT2D eigenvalue weighted by atomic mass is 9.86. The van der Waals surface area contributed by atoms with E-state index in [1.54, 1.807) is 10.7 Å². The minimum Gasteiger partial charge on any atom is -0.332 e. The van der Waals surface area contributed by atoms with Crippen LogP contribution in [0.25, 0.3) is 16.7 Å². The predicted molar refractivity (Wildman–Crippen MR) is 112 cm³/mol. The van der Waals surface area contributed by atoms with Crippen molar-refractivity contribution in [1.29, 1.82) is 0 Å². The van der Waals surface area contributed by atoms with Crippen LogP contribution in [0.4, 0.5) is 8.78 Å². The predicted octanol–water partition coefficient (Wildman–Crippen LogP) is 4.16. The molecule has 0 saturated carbocycles. The van der Waals surface area contributed by atoms with Crippen molar-refractivity contribution < 1.29 is 13.6 Å². The van der Waals surface area contributed by atoms with Gasteiger partial charge in [-0.1, -0.05) is 12.1 Å². The number of hydrogen-bond acceptors (Lipinski definition) is 5. The van der Waals surface area contributed by atoms with Crippen LogP contribution in [0.5, 0.6) is 0 Å². The third-order valence-electron chi connectivity index (χ3n) is 6.83. The summed E-state index contributed by atoms with van der Waals surface area (Å²) in [5.41, 5.74) is 1.74. The third-order valence-corrected chi connectivity index (χ3v) is 6.83. The molecule has 7 nitrogen and oxygen atoms in total. The zero-order valence-electron chi connectivity index (χ0n) is 17.1. The lowest BCUT2D eigenvalue weighted by molar-refractivity contribution is 0.0556. The monoisotopic (exact) mass is 434 g/mol. The van der Waals surface area contributed by atoms with Gasteiger partial charge in [-0.05, 0) is 49.9 Å². The molecule has 3 aromatic heterocycles. The van der Waals surface area contributed by atoms with E-state index in [1.807, 2.05) is 35.2 Å². The molecule has 6 rings (SSSR count). The average molecular weight is 434 g/mol. The number of hydrogen-bond donors (Lipinski definition) is 0. The maximum absolute atomic E-state index is 13.8. The van der Waals surface area contributed by atoms with Crippen LogP contribution in [0, 0.1) is 0 Å². The molecule has 2 fully saturated rings. The number of aromatic nitrogens is 5. The SMILES string of the molecule is O=C(c1cccc2ncccc12)N1[C@H]2CC[C@H](c3cc(C(F)F)nc4ncnn34)[C@@H]1CC2. The van der Waals surface area contributed by atoms with Crippen molar-refractivity contribution in [2.24, 2.45) is 0 Å². The first-order valence-electron chi connectivity index (χ1n) is 10.8. The molecule has 4 aromatic rings. The number of carbonyl (C=O) groups excluding carboxylic acids is 1. The van der Waals surface area contributed by atoms with E-state index in [1.165, 1.54) is 12.4 Å². The fraction of sp³-hybridized carbons (Fsp3) is 0.348. The van der Waals surface area contributed by atoms with Gasteiger partial charge in [0, 0.05) is 35.1 Å². The summed E-state index contributed by atoms with van der Waals surface area (Å²) in [4.78, 5) is 28.1. The van der Waals surface area contributed by atoms with Crippen LogP contribution in [0.15, 0.2) is 48.9 Å². The summed E-state index contributed by atoms with van der Waals surface area (Å²) in [6.45, 7) is 0. The van der Waals surface area contributed by atoms with E-state index in [0.29, 0.717) is 11.3 Å². The average Bonchev–Trinajstić information content (AvgIpc) is 3.41. The molecule has 2 bridgehead atoms. The molecule has 1 aromatic carbocycles. The molecule has 9 heteroatoms. The minimum absolute atomic E-state index is 0.0289. The second-order valence-electron chi connectivity index (χ2n) is 8.45. The van der Waals surface area contributed by atoms with E-state index in [9.17, 15) is 13.6 Å². The molecule has 162 valence electrons. The molecule has 3 atom stereocenters. The lowest BCUT2D eigenvalue weighted by Gasteiger charge is -2.40. The minimum atomic E-state index is -2.70. The number of rotatable bonds is 3. The van der Waals surface area contributed by atoms with Crippen molar-refractivity contribution in [1.82, 2.24) is 29.5 Å². The van der Waals surface area contributed by atoms with E-state index >= 15 is 0 Å². The quantitative estimate of drug-likeness (QED) is 0.484. The Morgan fingerprint density at radius 1 is 1.06 bits per heavy atom. The Labute approximate surface area is 182 Å². The lowest BCUT2D eigenvalue weighted by Crippen LogP contribution is -2.47. The zero-order chi connectivity index (χ0) is 21.8. The Morgan fingerprint density at radius 3 is 2.81 bits per heavy atom. The largest absolute Gasteiger partial charge is 0.332 e. The smallest absolute Gasteiger partial charge is 0.280 e. The van der Waals surface area contributed by atoms with Crippen molar-refractivity contribution >= 4 is 22.6 Å². The van der Waals surface area contributed by atoms with Crippen LogP contribution < -0.4 is 0 Å². The number of benzene rings is 1. The summed E-state index contributed by atoms with van der Waals surface area (Å²) in [6, 6.07) is 10.8. The second-order valence-corrected chi connectivity index (χ2v) is 8.45. The Hall–Kier alpha value is -3.49. The standard InChI is InChI=1S/C23H20F2N6O/c24-21(25)18-11-20(31-23(29-18)27-12-28-31)16-8-6-13-7-9-19(16)30(13)22(32)15-3-1-5-17-14(15)4-2-10-26-17/h1-5,10-13,16,19,21H,6-9H2/t13-,16-,19-/m0/s1. The highest BCUT2D eigenvalue weighted by molar-refractivity contribution is 6.06. The molecular formula is C23H20F2N6O. The molecular weight excluding hydrogens is 414 g/mol. The van der Waals surface area contributed by atoms with E-state index in [0.717, 1.165) is 36.6 Å². The molecule has 0 N–H and O–H groups in total. The number of carbonyl (C=O) groups is 1. The Kier molecular flexibility index (Phi) is 4.38. The number of alkyl halides is 2. The number of pyridine rings is 1. The summed E-state index contributed by atoms with van der Waals surface area (Å²) in [5, 5.41) is 5.06. The van der Waals surface area contributed by atoms with Gasteiger partial charge in [-0.3, -0.25) is 9.78 Å². The van der Waals surface area contributed by atoms with Crippen LogP contribution >= 0.6 is 0 Å². The van der Waals surface area contributed by atoms with Gasteiger partial charge in [-0.25, -0.2) is 18.3 Å². The van der Waals surface area contributed by atoms with Crippen molar-refractivity contribution in [3.05, 3.63) is 65.9 Å². The van der Waals surface area contributed by atoms with E-state index in [4.69, 9.17) is 0 Å². The molecule has 2 aliphatic rings. The maximum Gasteiger partial charge on any atom is 0.280 e. The second kappa shape index (κ2) is 7.29. The van der Waals surface area contributed by atoms with Gasteiger partial charge in [-0.15, -0.1) is 0 Å². The molecule has 32 heavy (non-hydrogen) atoms. The first-order valence-corrected chi connectivity index (χ1v) is 10.8. The summed E-state index contributed by atoms with van der Waals surface area (Å²) >= 11 is 0. The van der Waals surface area contributed by atoms with Gasteiger partial charge in [0.2, 0.25) is 0 Å². The van der Waals surface area contributed by atoms with Gasteiger partial charge < -0.3 is 4.90 Å². The van der Waals surface area contributed by atoms with E-state index in [-0.39, 0.29) is 35.4 Å². The first kappa shape index (κ1) is 19.2. The fourth-order valence-electron chi connectivity index (χ4n) is 5.48. The zero-order valence-corrected chi connectivity index (χ0v) is 17.1. The molecule has 1 amide bonds. The highest BCUT2D eigenvalue weighted by Gasteiger charge is 2.46. The van der Waals surface area contributed by atoms with Crippen LogP contribution in [0.1, 0.15) is 59.8 Å². The number of piperidine rings is 1. The summed E-state index contributed by atoms with van der Waals surface area (Å²) < 4.78 is 28.6. The third kappa shape index (κ3) is 2.87. The fourth-order valence-corrected chi connectivity index (χ4v) is 5.48. The van der Waals surface area contributed by atoms with Gasteiger partial charge in [0.15, 0.2) is 0 Å². The molecule has 0 unspecified atom stereocenters. The highest BCUT2D eigenvalue weighted by Crippen LogP contribution is 2.45. The molecule has 2 aliphatic heterocycles. The Morgan fingerprint density at radius 2 is 1.94 bits per heavy atom. The summed E-state index contributed by atoms with van der Waals surface area (Å²) in [5.74, 6) is 0.0187. The number of fused-ring (bicyclic) bond motifs is 4. The van der Waals surface area contributed by atoms with Crippen molar-refractivity contribution in [3.8, 4) is 0 Å². The van der Waals surface area contributed by atoms with E-state index in [2.05, 4.69) is 20.1 Å². The molecule has 5 heterocycles. The van der Waals surface area contributed by atoms with Gasteiger partial charge in [0.1, 0.15) is 12.0 Å². The summed E-state index contributed by atoms with van der Waals surface area (Å²) in [6.07, 6.45) is 3.70. The van der Waals surface area contributed by atoms with Gasteiger partial charge in [0.25, 0.3) is 18.1 Å².